The van der Waals surface area contributed by atoms with Crippen molar-refractivity contribution in [3.8, 4) is 6.07 Å². The topological polar surface area (TPSA) is 61.2 Å². The van der Waals surface area contributed by atoms with Crippen molar-refractivity contribution in [1.29, 1.82) is 5.26 Å². The van der Waals surface area contributed by atoms with Crippen LogP contribution in [0.3, 0.4) is 0 Å². The van der Waals surface area contributed by atoms with E-state index in [1.807, 2.05) is 13.8 Å². The van der Waals surface area contributed by atoms with Gasteiger partial charge in [-0.1, -0.05) is 13.8 Å². The van der Waals surface area contributed by atoms with Crippen LogP contribution in [0.2, 0.25) is 0 Å². The molecule has 0 aromatic rings. The summed E-state index contributed by atoms with van der Waals surface area (Å²) in [5.41, 5.74) is -0.639. The zero-order valence-electron chi connectivity index (χ0n) is 9.52. The van der Waals surface area contributed by atoms with Crippen LogP contribution in [0.1, 0.15) is 20.3 Å². The summed E-state index contributed by atoms with van der Waals surface area (Å²) < 4.78 is 22.7. The van der Waals surface area contributed by atoms with E-state index < -0.39 is 20.5 Å². The van der Waals surface area contributed by atoms with Crippen LogP contribution in [-0.4, -0.2) is 44.5 Å². The number of nitriles is 1. The highest BCUT2D eigenvalue weighted by Gasteiger charge is 2.60. The second-order valence-electron chi connectivity index (χ2n) is 4.25. The standard InChI is InChI=1S/C10H18N2O2S/c1-4-12(5-2)8-10(7-11)6-9(10)15(3,13)14/h9H,4-6,8H2,1-3H3. The summed E-state index contributed by atoms with van der Waals surface area (Å²) in [6.07, 6.45) is 1.72. The second-order valence-corrected chi connectivity index (χ2v) is 6.48. The summed E-state index contributed by atoms with van der Waals surface area (Å²) in [4.78, 5) is 2.11. The minimum atomic E-state index is -3.06. The van der Waals surface area contributed by atoms with Crippen molar-refractivity contribution in [2.24, 2.45) is 5.41 Å². The van der Waals surface area contributed by atoms with E-state index >= 15 is 0 Å². The van der Waals surface area contributed by atoms with Crippen LogP contribution in [0.15, 0.2) is 0 Å². The number of sulfone groups is 1. The van der Waals surface area contributed by atoms with Crippen molar-refractivity contribution in [1.82, 2.24) is 4.90 Å². The Balaban J connectivity index is 2.73. The summed E-state index contributed by atoms with van der Waals surface area (Å²) in [5, 5.41) is 8.64. The number of rotatable bonds is 5. The predicted octanol–water partition coefficient (Wildman–Crippen LogP) is 0.655. The minimum Gasteiger partial charge on any atom is -0.302 e. The van der Waals surface area contributed by atoms with Crippen molar-refractivity contribution in [3.05, 3.63) is 0 Å². The van der Waals surface area contributed by atoms with E-state index in [2.05, 4.69) is 11.0 Å². The van der Waals surface area contributed by atoms with Gasteiger partial charge in [0.05, 0.1) is 16.7 Å². The average molecular weight is 230 g/mol. The van der Waals surface area contributed by atoms with E-state index in [1.54, 1.807) is 0 Å². The fourth-order valence-electron chi connectivity index (χ4n) is 2.00. The lowest BCUT2D eigenvalue weighted by atomic mass is 10.1. The highest BCUT2D eigenvalue weighted by Crippen LogP contribution is 2.50. The van der Waals surface area contributed by atoms with Crippen LogP contribution >= 0.6 is 0 Å². The molecule has 0 aromatic heterocycles. The maximum atomic E-state index is 11.4. The van der Waals surface area contributed by atoms with Crippen molar-refractivity contribution in [2.75, 3.05) is 25.9 Å². The minimum absolute atomic E-state index is 0.449. The summed E-state index contributed by atoms with van der Waals surface area (Å²) in [6.45, 7) is 6.33. The van der Waals surface area contributed by atoms with Gasteiger partial charge in [0.25, 0.3) is 0 Å². The molecule has 2 unspecified atom stereocenters. The van der Waals surface area contributed by atoms with E-state index in [4.69, 9.17) is 5.26 Å². The van der Waals surface area contributed by atoms with Gasteiger partial charge in [-0.15, -0.1) is 0 Å². The molecule has 0 heterocycles. The molecule has 86 valence electrons. The zero-order chi connectivity index (χ0) is 11.7. The molecule has 0 radical (unpaired) electrons. The van der Waals surface area contributed by atoms with E-state index in [0.29, 0.717) is 13.0 Å². The Morgan fingerprint density at radius 3 is 2.27 bits per heavy atom. The van der Waals surface area contributed by atoms with Gasteiger partial charge in [-0.05, 0) is 19.5 Å². The van der Waals surface area contributed by atoms with Crippen LogP contribution in [0, 0.1) is 16.7 Å². The quantitative estimate of drug-likeness (QED) is 0.696. The maximum absolute atomic E-state index is 11.4. The molecule has 1 rings (SSSR count). The smallest absolute Gasteiger partial charge is 0.151 e. The van der Waals surface area contributed by atoms with Gasteiger partial charge in [0.2, 0.25) is 0 Å². The number of nitrogens with zero attached hydrogens (tertiary/aromatic N) is 2. The molecule has 0 amide bonds. The third kappa shape index (κ3) is 2.50. The molecule has 5 heteroatoms. The first-order valence-electron chi connectivity index (χ1n) is 5.22. The van der Waals surface area contributed by atoms with Gasteiger partial charge in [-0.2, -0.15) is 5.26 Å². The van der Waals surface area contributed by atoms with Crippen molar-refractivity contribution < 1.29 is 8.42 Å². The summed E-state index contributed by atoms with van der Waals surface area (Å²) >= 11 is 0. The second kappa shape index (κ2) is 4.11. The Hall–Kier alpha value is -0.600. The lowest BCUT2D eigenvalue weighted by Crippen LogP contribution is -2.32. The first-order valence-corrected chi connectivity index (χ1v) is 7.17. The third-order valence-corrected chi connectivity index (χ3v) is 4.80. The Morgan fingerprint density at radius 2 is 2.00 bits per heavy atom. The first-order chi connectivity index (χ1) is 6.89. The molecule has 0 saturated heterocycles. The largest absolute Gasteiger partial charge is 0.302 e. The van der Waals surface area contributed by atoms with Gasteiger partial charge in [0, 0.05) is 12.8 Å². The highest BCUT2D eigenvalue weighted by atomic mass is 32.2. The molecule has 0 aliphatic heterocycles. The fourth-order valence-corrected chi connectivity index (χ4v) is 3.55. The van der Waals surface area contributed by atoms with Crippen molar-refractivity contribution >= 4 is 9.84 Å². The molecule has 0 spiro atoms. The summed E-state index contributed by atoms with van der Waals surface area (Å²) in [6, 6.07) is 2.19. The Labute approximate surface area is 91.8 Å². The summed E-state index contributed by atoms with van der Waals surface area (Å²) in [5.74, 6) is 0. The van der Waals surface area contributed by atoms with Gasteiger partial charge in [0.1, 0.15) is 0 Å². The van der Waals surface area contributed by atoms with Gasteiger partial charge < -0.3 is 4.90 Å². The maximum Gasteiger partial charge on any atom is 0.151 e. The molecular weight excluding hydrogens is 212 g/mol. The molecule has 15 heavy (non-hydrogen) atoms. The molecule has 0 bridgehead atoms. The Morgan fingerprint density at radius 1 is 1.47 bits per heavy atom. The lowest BCUT2D eigenvalue weighted by molar-refractivity contribution is 0.268. The molecule has 1 fully saturated rings. The van der Waals surface area contributed by atoms with Crippen LogP contribution < -0.4 is 0 Å². The predicted molar refractivity (Wildman–Crippen MR) is 59.1 cm³/mol. The fraction of sp³-hybridized carbons (Fsp3) is 0.900. The molecule has 1 saturated carbocycles. The van der Waals surface area contributed by atoms with Crippen LogP contribution in [-0.2, 0) is 9.84 Å². The van der Waals surface area contributed by atoms with Crippen LogP contribution in [0.5, 0.6) is 0 Å². The Kier molecular flexibility index (Phi) is 3.41. The molecule has 0 aromatic carbocycles. The van der Waals surface area contributed by atoms with Crippen LogP contribution in [0.4, 0.5) is 0 Å². The number of hydrogen-bond acceptors (Lipinski definition) is 4. The SMILES string of the molecule is CCN(CC)CC1(C#N)CC1S(C)(=O)=O. The normalized spacial score (nSPS) is 30.2. The van der Waals surface area contributed by atoms with Gasteiger partial charge in [-0.3, -0.25) is 0 Å². The molecule has 4 nitrogen and oxygen atoms in total. The molecular formula is C10H18N2O2S. The highest BCUT2D eigenvalue weighted by molar-refractivity contribution is 7.91. The Bertz CT molecular complexity index is 367. The molecule has 1 aliphatic rings. The average Bonchev–Trinajstić information content (AvgIpc) is 2.89. The van der Waals surface area contributed by atoms with E-state index in [1.165, 1.54) is 6.26 Å². The van der Waals surface area contributed by atoms with Gasteiger partial charge in [0.15, 0.2) is 9.84 Å². The number of hydrogen-bond donors (Lipinski definition) is 0. The van der Waals surface area contributed by atoms with E-state index in [0.717, 1.165) is 13.1 Å². The summed E-state index contributed by atoms with van der Waals surface area (Å²) in [7, 11) is -3.06. The van der Waals surface area contributed by atoms with Crippen LogP contribution in [0.25, 0.3) is 0 Å². The van der Waals surface area contributed by atoms with Crippen molar-refractivity contribution in [2.45, 2.75) is 25.5 Å². The van der Waals surface area contributed by atoms with Gasteiger partial charge in [-0.25, -0.2) is 8.42 Å². The molecule has 0 N–H and O–H groups in total. The van der Waals surface area contributed by atoms with Gasteiger partial charge >= 0.3 is 0 Å². The van der Waals surface area contributed by atoms with Crippen molar-refractivity contribution in [3.63, 3.8) is 0 Å². The third-order valence-electron chi connectivity index (χ3n) is 3.15. The lowest BCUT2D eigenvalue weighted by Gasteiger charge is -2.21. The first kappa shape index (κ1) is 12.5. The molecule has 2 atom stereocenters. The molecule has 1 aliphatic carbocycles. The monoisotopic (exact) mass is 230 g/mol. The zero-order valence-corrected chi connectivity index (χ0v) is 10.3. The van der Waals surface area contributed by atoms with E-state index in [9.17, 15) is 8.42 Å². The van der Waals surface area contributed by atoms with E-state index in [-0.39, 0.29) is 0 Å².